The third-order valence-corrected chi connectivity index (χ3v) is 5.38. The number of fused-ring (bicyclic) bond motifs is 1. The van der Waals surface area contributed by atoms with Gasteiger partial charge in [0.1, 0.15) is 12.2 Å². The summed E-state index contributed by atoms with van der Waals surface area (Å²) in [6.07, 6.45) is 4.10. The summed E-state index contributed by atoms with van der Waals surface area (Å²) >= 11 is 0. The lowest BCUT2D eigenvalue weighted by molar-refractivity contribution is -0.154. The van der Waals surface area contributed by atoms with Crippen molar-refractivity contribution in [3.05, 3.63) is 24.1 Å². The van der Waals surface area contributed by atoms with Gasteiger partial charge in [-0.05, 0) is 37.8 Å². The molecular weight excluding hydrogens is 327 g/mol. The summed E-state index contributed by atoms with van der Waals surface area (Å²) in [4.78, 5) is 18.8. The molecule has 1 amide bonds. The predicted molar refractivity (Wildman–Crippen MR) is 86.6 cm³/mol. The van der Waals surface area contributed by atoms with E-state index in [4.69, 9.17) is 14.2 Å². The molecule has 7 heteroatoms. The van der Waals surface area contributed by atoms with Gasteiger partial charge in [-0.2, -0.15) is 0 Å². The summed E-state index contributed by atoms with van der Waals surface area (Å²) in [6, 6.07) is 2.86. The number of hydrogen-bond acceptors (Lipinski definition) is 5. The minimum atomic E-state index is -0.475. The van der Waals surface area contributed by atoms with Gasteiger partial charge in [-0.3, -0.25) is 4.79 Å². The van der Waals surface area contributed by atoms with E-state index in [0.717, 1.165) is 25.7 Å². The quantitative estimate of drug-likeness (QED) is 0.832. The molecule has 0 bridgehead atoms. The maximum absolute atomic E-state index is 13.8. The van der Waals surface area contributed by atoms with E-state index in [1.165, 1.54) is 18.3 Å². The van der Waals surface area contributed by atoms with Crippen molar-refractivity contribution in [1.82, 2.24) is 9.88 Å². The zero-order valence-electron chi connectivity index (χ0n) is 14.1. The van der Waals surface area contributed by atoms with Gasteiger partial charge in [0.05, 0.1) is 12.6 Å². The number of nitrogens with zero attached hydrogens (tertiary/aromatic N) is 2. The van der Waals surface area contributed by atoms with Crippen LogP contribution in [-0.4, -0.2) is 60.4 Å². The van der Waals surface area contributed by atoms with Crippen LogP contribution in [0.5, 0.6) is 5.88 Å². The van der Waals surface area contributed by atoms with E-state index in [0.29, 0.717) is 26.4 Å². The van der Waals surface area contributed by atoms with Crippen molar-refractivity contribution in [3.8, 4) is 5.88 Å². The normalized spacial score (nSPS) is 30.1. The van der Waals surface area contributed by atoms with Crippen LogP contribution in [0.1, 0.15) is 25.7 Å². The van der Waals surface area contributed by atoms with Crippen LogP contribution >= 0.6 is 0 Å². The van der Waals surface area contributed by atoms with Gasteiger partial charge in [-0.15, -0.1) is 0 Å². The molecule has 3 aliphatic rings. The molecule has 4 rings (SSSR count). The van der Waals surface area contributed by atoms with Crippen LogP contribution in [0.3, 0.4) is 0 Å². The minimum Gasteiger partial charge on any atom is -0.469 e. The maximum Gasteiger partial charge on any atom is 0.250 e. The topological polar surface area (TPSA) is 60.9 Å². The average molecular weight is 350 g/mol. The van der Waals surface area contributed by atoms with Crippen molar-refractivity contribution in [1.29, 1.82) is 0 Å². The molecule has 2 aliphatic heterocycles. The molecule has 0 spiro atoms. The fourth-order valence-electron chi connectivity index (χ4n) is 4.10. The number of halogens is 1. The van der Waals surface area contributed by atoms with E-state index in [1.54, 1.807) is 0 Å². The van der Waals surface area contributed by atoms with Crippen LogP contribution in [0.4, 0.5) is 4.39 Å². The number of hydrogen-bond donors (Lipinski definition) is 0. The second kappa shape index (κ2) is 7.25. The summed E-state index contributed by atoms with van der Waals surface area (Å²) in [5.41, 5.74) is 0. The molecule has 3 heterocycles. The summed E-state index contributed by atoms with van der Waals surface area (Å²) in [6.45, 7) is 2.40. The predicted octanol–water partition coefficient (Wildman–Crippen LogP) is 1.78. The second-order valence-electron chi connectivity index (χ2n) is 6.85. The Morgan fingerprint density at radius 3 is 2.88 bits per heavy atom. The van der Waals surface area contributed by atoms with Crippen LogP contribution in [0.25, 0.3) is 0 Å². The van der Waals surface area contributed by atoms with Crippen molar-refractivity contribution in [2.24, 2.45) is 5.92 Å². The zero-order valence-corrected chi connectivity index (χ0v) is 14.1. The van der Waals surface area contributed by atoms with Crippen LogP contribution in [0.2, 0.25) is 0 Å². The first kappa shape index (κ1) is 16.7. The number of aromatic nitrogens is 1. The molecule has 25 heavy (non-hydrogen) atoms. The Morgan fingerprint density at radius 2 is 2.08 bits per heavy atom. The third kappa shape index (κ3) is 3.35. The molecule has 2 saturated heterocycles. The van der Waals surface area contributed by atoms with Gasteiger partial charge in [-0.25, -0.2) is 9.37 Å². The summed E-state index contributed by atoms with van der Waals surface area (Å²) in [5, 5.41) is 0. The fourth-order valence-corrected chi connectivity index (χ4v) is 4.10. The standard InChI is InChI=1S/C18H23FN2O4/c19-13-2-1-7-20-17(13)25-15-4-3-14-16(15)24-11-8-21(14)18(22)12-5-9-23-10-6-12/h1-2,7,12,14-16H,3-6,8-11H2/t14-,15-,16+/m1/s1. The first-order chi connectivity index (χ1) is 12.2. The van der Waals surface area contributed by atoms with Gasteiger partial charge in [0.25, 0.3) is 5.88 Å². The van der Waals surface area contributed by atoms with Crippen molar-refractivity contribution in [2.45, 2.75) is 43.9 Å². The highest BCUT2D eigenvalue weighted by atomic mass is 19.1. The van der Waals surface area contributed by atoms with Crippen molar-refractivity contribution in [3.63, 3.8) is 0 Å². The highest BCUT2D eigenvalue weighted by molar-refractivity contribution is 5.79. The number of morpholine rings is 1. The first-order valence-electron chi connectivity index (χ1n) is 9.01. The largest absolute Gasteiger partial charge is 0.469 e. The minimum absolute atomic E-state index is 0.000804. The van der Waals surface area contributed by atoms with Crippen molar-refractivity contribution in [2.75, 3.05) is 26.4 Å². The molecule has 0 aromatic carbocycles. The Morgan fingerprint density at radius 1 is 1.24 bits per heavy atom. The third-order valence-electron chi connectivity index (χ3n) is 5.38. The van der Waals surface area contributed by atoms with Gasteiger partial charge in [0, 0.05) is 31.9 Å². The number of ether oxygens (including phenoxy) is 3. The monoisotopic (exact) mass is 350 g/mol. The highest BCUT2D eigenvalue weighted by Gasteiger charge is 2.47. The van der Waals surface area contributed by atoms with Gasteiger partial charge < -0.3 is 19.1 Å². The number of amides is 1. The Balaban J connectivity index is 1.45. The van der Waals surface area contributed by atoms with Crippen molar-refractivity contribution < 1.29 is 23.4 Å². The average Bonchev–Trinajstić information content (AvgIpc) is 3.07. The second-order valence-corrected chi connectivity index (χ2v) is 6.85. The molecule has 136 valence electrons. The Kier molecular flexibility index (Phi) is 4.85. The molecule has 3 fully saturated rings. The van der Waals surface area contributed by atoms with E-state index in [9.17, 15) is 9.18 Å². The van der Waals surface area contributed by atoms with Gasteiger partial charge >= 0.3 is 0 Å². The Hall–Kier alpha value is -1.73. The molecule has 0 radical (unpaired) electrons. The molecule has 1 aliphatic carbocycles. The molecule has 0 unspecified atom stereocenters. The Labute approximate surface area is 146 Å². The van der Waals surface area contributed by atoms with E-state index in [2.05, 4.69) is 4.98 Å². The molecule has 1 aromatic heterocycles. The van der Waals surface area contributed by atoms with Crippen LogP contribution in [0, 0.1) is 11.7 Å². The van der Waals surface area contributed by atoms with Crippen molar-refractivity contribution >= 4 is 5.91 Å². The van der Waals surface area contributed by atoms with Gasteiger partial charge in [0.15, 0.2) is 5.82 Å². The Bertz CT molecular complexity index is 623. The lowest BCUT2D eigenvalue weighted by Gasteiger charge is -2.41. The number of rotatable bonds is 3. The van der Waals surface area contributed by atoms with Crippen LogP contribution < -0.4 is 4.74 Å². The summed E-state index contributed by atoms with van der Waals surface area (Å²) in [5.74, 6) is -0.228. The lowest BCUT2D eigenvalue weighted by atomic mass is 9.97. The van der Waals surface area contributed by atoms with Crippen LogP contribution in [-0.2, 0) is 14.3 Å². The summed E-state index contributed by atoms with van der Waals surface area (Å²) in [7, 11) is 0. The smallest absolute Gasteiger partial charge is 0.250 e. The highest BCUT2D eigenvalue weighted by Crippen LogP contribution is 2.34. The summed E-state index contributed by atoms with van der Waals surface area (Å²) < 4.78 is 30.9. The fraction of sp³-hybridized carbons (Fsp3) is 0.667. The SMILES string of the molecule is O=C(C1CCOCC1)N1CCO[C@H]2[C@H]1CC[C@H]2Oc1ncccc1F. The van der Waals surface area contributed by atoms with Gasteiger partial charge in [-0.1, -0.05) is 0 Å². The molecule has 1 aromatic rings. The molecule has 3 atom stereocenters. The first-order valence-corrected chi connectivity index (χ1v) is 9.01. The van der Waals surface area contributed by atoms with E-state index in [-0.39, 0.29) is 36.0 Å². The number of carbonyl (C=O) groups excluding carboxylic acids is 1. The molecule has 0 N–H and O–H groups in total. The molecule has 1 saturated carbocycles. The van der Waals surface area contributed by atoms with E-state index in [1.807, 2.05) is 4.90 Å². The lowest BCUT2D eigenvalue weighted by Crippen LogP contribution is -2.56. The van der Waals surface area contributed by atoms with E-state index < -0.39 is 5.82 Å². The van der Waals surface area contributed by atoms with E-state index >= 15 is 0 Å². The molecule has 6 nitrogen and oxygen atoms in total. The number of carbonyl (C=O) groups is 1. The van der Waals surface area contributed by atoms with Crippen LogP contribution in [0.15, 0.2) is 18.3 Å². The van der Waals surface area contributed by atoms with Gasteiger partial charge in [0.2, 0.25) is 5.91 Å². The maximum atomic E-state index is 13.8. The zero-order chi connectivity index (χ0) is 17.2. The molecular formula is C18H23FN2O4. The number of pyridine rings is 1.